The first-order valence-electron chi connectivity index (χ1n) is 8.18. The van der Waals surface area contributed by atoms with Crippen molar-refractivity contribution in [2.45, 2.75) is 44.6 Å². The van der Waals surface area contributed by atoms with Crippen LogP contribution in [0.4, 0.5) is 0 Å². The monoisotopic (exact) mass is 312 g/mol. The molecule has 3 aromatic rings. The topological polar surface area (TPSA) is 76.8 Å². The van der Waals surface area contributed by atoms with Gasteiger partial charge in [-0.15, -0.1) is 0 Å². The summed E-state index contributed by atoms with van der Waals surface area (Å²) in [4.78, 5) is 12.1. The zero-order valence-corrected chi connectivity index (χ0v) is 13.2. The fraction of sp³-hybridized carbons (Fsp3) is 0.471. The van der Waals surface area contributed by atoms with Gasteiger partial charge in [0.1, 0.15) is 5.65 Å². The van der Waals surface area contributed by atoms with Crippen LogP contribution in [0.15, 0.2) is 29.0 Å². The number of ether oxygens (including phenoxy) is 1. The molecule has 4 rings (SSSR count). The second-order valence-electron chi connectivity index (χ2n) is 6.06. The smallest absolute Gasteiger partial charge is 0.229 e. The number of hydrogen-bond donors (Lipinski definition) is 1. The summed E-state index contributed by atoms with van der Waals surface area (Å²) in [6, 6.07) is 3.99. The van der Waals surface area contributed by atoms with Crippen molar-refractivity contribution in [3.63, 3.8) is 0 Å². The third kappa shape index (κ3) is 2.86. The lowest BCUT2D eigenvalue weighted by atomic mass is 9.94. The minimum Gasteiger partial charge on any atom is -0.378 e. The van der Waals surface area contributed by atoms with Gasteiger partial charge in [-0.25, -0.2) is 4.98 Å². The average Bonchev–Trinajstić information content (AvgIpc) is 3.23. The Morgan fingerprint density at radius 1 is 1.39 bits per heavy atom. The van der Waals surface area contributed by atoms with Crippen molar-refractivity contribution >= 4 is 11.0 Å². The molecule has 1 N–H and O–H groups in total. The van der Waals surface area contributed by atoms with Gasteiger partial charge in [0.2, 0.25) is 5.89 Å². The number of fused-ring (bicyclic) bond motifs is 1. The highest BCUT2D eigenvalue weighted by Crippen LogP contribution is 2.30. The predicted molar refractivity (Wildman–Crippen MR) is 85.2 cm³/mol. The van der Waals surface area contributed by atoms with E-state index < -0.39 is 0 Å². The first kappa shape index (κ1) is 14.4. The van der Waals surface area contributed by atoms with Crippen LogP contribution in [0.25, 0.3) is 11.0 Å². The van der Waals surface area contributed by atoms with Crippen molar-refractivity contribution in [1.29, 1.82) is 0 Å². The van der Waals surface area contributed by atoms with Gasteiger partial charge in [0.25, 0.3) is 0 Å². The van der Waals surface area contributed by atoms with Crippen molar-refractivity contribution in [3.8, 4) is 0 Å². The molecule has 0 amide bonds. The number of nitrogens with one attached hydrogen (secondary N) is 1. The number of pyridine rings is 1. The van der Waals surface area contributed by atoms with E-state index in [0.717, 1.165) is 54.2 Å². The van der Waals surface area contributed by atoms with Crippen LogP contribution in [0.1, 0.15) is 49.4 Å². The van der Waals surface area contributed by atoms with Gasteiger partial charge in [-0.05, 0) is 37.0 Å². The van der Waals surface area contributed by atoms with Gasteiger partial charge in [0.05, 0.1) is 6.10 Å². The molecule has 120 valence electrons. The number of nitrogens with zero attached hydrogens (tertiary/aromatic N) is 3. The van der Waals surface area contributed by atoms with Gasteiger partial charge in [-0.1, -0.05) is 12.1 Å². The summed E-state index contributed by atoms with van der Waals surface area (Å²) >= 11 is 0. The fourth-order valence-electron chi connectivity index (χ4n) is 3.22. The molecule has 0 bridgehead atoms. The Morgan fingerprint density at radius 3 is 3.26 bits per heavy atom. The van der Waals surface area contributed by atoms with Gasteiger partial charge >= 0.3 is 0 Å². The second-order valence-corrected chi connectivity index (χ2v) is 6.06. The first-order chi connectivity index (χ1) is 11.3. The summed E-state index contributed by atoms with van der Waals surface area (Å²) in [5, 5.41) is 5.27. The maximum absolute atomic E-state index is 5.72. The highest BCUT2D eigenvalue weighted by atomic mass is 16.5. The van der Waals surface area contributed by atoms with Crippen LogP contribution in [0.3, 0.4) is 0 Å². The third-order valence-corrected chi connectivity index (χ3v) is 4.54. The van der Waals surface area contributed by atoms with Gasteiger partial charge in [0, 0.05) is 36.7 Å². The standard InChI is InChI=1S/C17H20N4O2/c1-2-13-8-11(5-7-22-13)17-20-15(21-23-17)9-12-10-19-16-14(12)4-3-6-18-16/h3-4,6,10-11,13H,2,5,7-9H2,1H3,(H,18,19)/t11-,13+/m1/s1. The highest BCUT2D eigenvalue weighted by Gasteiger charge is 2.27. The summed E-state index contributed by atoms with van der Waals surface area (Å²) in [5.41, 5.74) is 2.03. The lowest BCUT2D eigenvalue weighted by molar-refractivity contribution is 0.0000982. The molecule has 0 radical (unpaired) electrons. The zero-order chi connectivity index (χ0) is 15.6. The van der Waals surface area contributed by atoms with Crippen molar-refractivity contribution in [2.24, 2.45) is 0 Å². The summed E-state index contributed by atoms with van der Waals surface area (Å²) < 4.78 is 11.2. The molecule has 0 saturated carbocycles. The predicted octanol–water partition coefficient (Wildman–Crippen LogP) is 3.21. The minimum atomic E-state index is 0.309. The quantitative estimate of drug-likeness (QED) is 0.800. The lowest BCUT2D eigenvalue weighted by Crippen LogP contribution is -2.24. The van der Waals surface area contributed by atoms with Gasteiger partial charge in [0.15, 0.2) is 5.82 Å². The Kier molecular flexibility index (Phi) is 3.83. The number of rotatable bonds is 4. The molecule has 4 heterocycles. The van der Waals surface area contributed by atoms with Crippen LogP contribution in [-0.4, -0.2) is 32.8 Å². The van der Waals surface area contributed by atoms with E-state index >= 15 is 0 Å². The average molecular weight is 312 g/mol. The molecule has 1 saturated heterocycles. The van der Waals surface area contributed by atoms with Crippen molar-refractivity contribution < 1.29 is 9.26 Å². The van der Waals surface area contributed by atoms with E-state index in [-0.39, 0.29) is 0 Å². The third-order valence-electron chi connectivity index (χ3n) is 4.54. The van der Waals surface area contributed by atoms with Crippen LogP contribution in [0, 0.1) is 0 Å². The fourth-order valence-corrected chi connectivity index (χ4v) is 3.22. The highest BCUT2D eigenvalue weighted by molar-refractivity contribution is 5.79. The number of hydrogen-bond acceptors (Lipinski definition) is 5. The Hall–Kier alpha value is -2.21. The number of H-pyrrole nitrogens is 1. The molecule has 1 aliphatic heterocycles. The van der Waals surface area contributed by atoms with Gasteiger partial charge < -0.3 is 14.2 Å². The molecule has 0 aliphatic carbocycles. The second kappa shape index (κ2) is 6.12. The molecule has 1 fully saturated rings. The van der Waals surface area contributed by atoms with E-state index in [9.17, 15) is 0 Å². The molecule has 3 aromatic heterocycles. The van der Waals surface area contributed by atoms with Crippen LogP contribution in [0.2, 0.25) is 0 Å². The Morgan fingerprint density at radius 2 is 2.35 bits per heavy atom. The maximum atomic E-state index is 5.72. The Bertz CT molecular complexity index is 795. The maximum Gasteiger partial charge on any atom is 0.229 e. The van der Waals surface area contributed by atoms with E-state index in [1.165, 1.54) is 0 Å². The SMILES string of the molecule is CC[C@H]1C[C@H](c2nc(Cc3c[nH]c4ncccc34)no2)CCO1. The number of aromatic amines is 1. The number of aromatic nitrogens is 4. The molecule has 6 heteroatoms. The van der Waals surface area contributed by atoms with E-state index in [0.29, 0.717) is 18.4 Å². The minimum absolute atomic E-state index is 0.309. The van der Waals surface area contributed by atoms with Gasteiger partial charge in [-0.3, -0.25) is 0 Å². The van der Waals surface area contributed by atoms with Crippen LogP contribution in [0.5, 0.6) is 0 Å². The normalized spacial score (nSPS) is 21.8. The van der Waals surface area contributed by atoms with E-state index in [1.807, 2.05) is 12.3 Å². The molecule has 6 nitrogen and oxygen atoms in total. The lowest BCUT2D eigenvalue weighted by Gasteiger charge is -2.26. The van der Waals surface area contributed by atoms with Crippen LogP contribution >= 0.6 is 0 Å². The molecule has 1 aliphatic rings. The Labute approximate surface area is 134 Å². The van der Waals surface area contributed by atoms with E-state index in [2.05, 4.69) is 33.1 Å². The van der Waals surface area contributed by atoms with E-state index in [4.69, 9.17) is 9.26 Å². The summed E-state index contributed by atoms with van der Waals surface area (Å²) in [7, 11) is 0. The molecule has 23 heavy (non-hydrogen) atoms. The molecule has 2 atom stereocenters. The molecule has 0 spiro atoms. The summed E-state index contributed by atoms with van der Waals surface area (Å²) in [5.74, 6) is 1.79. The molecule has 0 aromatic carbocycles. The summed E-state index contributed by atoms with van der Waals surface area (Å²) in [6.07, 6.45) is 7.66. The van der Waals surface area contributed by atoms with Crippen molar-refractivity contribution in [1.82, 2.24) is 20.1 Å². The van der Waals surface area contributed by atoms with Crippen LogP contribution < -0.4 is 0 Å². The van der Waals surface area contributed by atoms with Crippen molar-refractivity contribution in [3.05, 3.63) is 41.8 Å². The molecule has 0 unspecified atom stereocenters. The largest absolute Gasteiger partial charge is 0.378 e. The van der Waals surface area contributed by atoms with Gasteiger partial charge in [-0.2, -0.15) is 4.98 Å². The van der Waals surface area contributed by atoms with E-state index in [1.54, 1.807) is 6.20 Å². The Balaban J connectivity index is 1.52. The summed E-state index contributed by atoms with van der Waals surface area (Å²) in [6.45, 7) is 2.92. The molecular weight excluding hydrogens is 292 g/mol. The van der Waals surface area contributed by atoms with Crippen molar-refractivity contribution in [2.75, 3.05) is 6.61 Å². The van der Waals surface area contributed by atoms with Crippen LogP contribution in [-0.2, 0) is 11.2 Å². The zero-order valence-electron chi connectivity index (χ0n) is 13.2. The molecular formula is C17H20N4O2. The first-order valence-corrected chi connectivity index (χ1v) is 8.18.